The highest BCUT2D eigenvalue weighted by Gasteiger charge is 2.29. The number of amides is 2. The van der Waals surface area contributed by atoms with Gasteiger partial charge in [0.15, 0.2) is 0 Å². The fraction of sp³-hybridized carbons (Fsp3) is 0.929. The SMILES string of the molecule is CC(C)C1CCCCC1NC(=O)NC1CCC1. The van der Waals surface area contributed by atoms with Crippen LogP contribution in [0.4, 0.5) is 4.79 Å². The summed E-state index contributed by atoms with van der Waals surface area (Å²) in [4.78, 5) is 11.9. The van der Waals surface area contributed by atoms with Gasteiger partial charge in [0.25, 0.3) is 0 Å². The van der Waals surface area contributed by atoms with Crippen molar-refractivity contribution in [2.45, 2.75) is 70.9 Å². The van der Waals surface area contributed by atoms with Gasteiger partial charge in [-0.05, 0) is 43.9 Å². The standard InChI is InChI=1S/C14H26N2O/c1-10(2)12-8-3-4-9-13(12)16-14(17)15-11-6-5-7-11/h10-13H,3-9H2,1-2H3,(H2,15,16,17). The number of hydrogen-bond acceptors (Lipinski definition) is 1. The molecule has 0 saturated heterocycles. The van der Waals surface area contributed by atoms with Crippen LogP contribution in [0.1, 0.15) is 58.8 Å². The summed E-state index contributed by atoms with van der Waals surface area (Å²) in [5.74, 6) is 1.33. The highest BCUT2D eigenvalue weighted by atomic mass is 16.2. The Bertz CT molecular complexity index is 261. The summed E-state index contributed by atoms with van der Waals surface area (Å²) in [6, 6.07) is 0.896. The monoisotopic (exact) mass is 238 g/mol. The Morgan fingerprint density at radius 1 is 1.00 bits per heavy atom. The fourth-order valence-electron chi connectivity index (χ4n) is 3.08. The third-order valence-corrected chi connectivity index (χ3v) is 4.43. The molecule has 17 heavy (non-hydrogen) atoms. The van der Waals surface area contributed by atoms with Crippen molar-refractivity contribution in [3.8, 4) is 0 Å². The van der Waals surface area contributed by atoms with E-state index in [4.69, 9.17) is 0 Å². The Kier molecular flexibility index (Phi) is 4.30. The molecule has 0 bridgehead atoms. The van der Waals surface area contributed by atoms with E-state index in [-0.39, 0.29) is 6.03 Å². The van der Waals surface area contributed by atoms with Crippen LogP contribution in [-0.2, 0) is 0 Å². The first-order valence-corrected chi connectivity index (χ1v) is 7.24. The maximum absolute atomic E-state index is 11.9. The van der Waals surface area contributed by atoms with Crippen molar-refractivity contribution in [1.29, 1.82) is 0 Å². The molecule has 2 fully saturated rings. The van der Waals surface area contributed by atoms with Crippen molar-refractivity contribution in [2.75, 3.05) is 0 Å². The quantitative estimate of drug-likeness (QED) is 0.779. The first kappa shape index (κ1) is 12.7. The van der Waals surface area contributed by atoms with Crippen LogP contribution in [0.3, 0.4) is 0 Å². The predicted octanol–water partition coefficient (Wildman–Crippen LogP) is 3.05. The van der Waals surface area contributed by atoms with Crippen LogP contribution in [0.2, 0.25) is 0 Å². The Morgan fingerprint density at radius 2 is 1.71 bits per heavy atom. The minimum atomic E-state index is 0.0623. The molecule has 0 aromatic carbocycles. The Morgan fingerprint density at radius 3 is 2.29 bits per heavy atom. The van der Waals surface area contributed by atoms with E-state index in [0.717, 1.165) is 19.3 Å². The van der Waals surface area contributed by atoms with Crippen molar-refractivity contribution in [3.05, 3.63) is 0 Å². The molecule has 2 N–H and O–H groups in total. The maximum Gasteiger partial charge on any atom is 0.315 e. The number of carbonyl (C=O) groups excluding carboxylic acids is 1. The highest BCUT2D eigenvalue weighted by molar-refractivity contribution is 5.74. The van der Waals surface area contributed by atoms with Gasteiger partial charge in [0.1, 0.15) is 0 Å². The molecule has 0 aliphatic heterocycles. The van der Waals surface area contributed by atoms with Gasteiger partial charge >= 0.3 is 6.03 Å². The number of hydrogen-bond donors (Lipinski definition) is 2. The van der Waals surface area contributed by atoms with E-state index < -0.39 is 0 Å². The molecule has 0 heterocycles. The minimum absolute atomic E-state index is 0.0623. The van der Waals surface area contributed by atoms with E-state index in [0.29, 0.717) is 23.9 Å². The number of urea groups is 1. The van der Waals surface area contributed by atoms with Crippen LogP contribution in [0, 0.1) is 11.8 Å². The molecule has 3 heteroatoms. The molecule has 2 aliphatic carbocycles. The largest absolute Gasteiger partial charge is 0.335 e. The van der Waals surface area contributed by atoms with Gasteiger partial charge in [-0.2, -0.15) is 0 Å². The van der Waals surface area contributed by atoms with Crippen LogP contribution in [0.25, 0.3) is 0 Å². The third kappa shape index (κ3) is 3.36. The van der Waals surface area contributed by atoms with E-state index >= 15 is 0 Å². The number of carbonyl (C=O) groups is 1. The zero-order valence-corrected chi connectivity index (χ0v) is 11.2. The van der Waals surface area contributed by atoms with E-state index in [1.165, 1.54) is 25.7 Å². The van der Waals surface area contributed by atoms with Gasteiger partial charge < -0.3 is 10.6 Å². The molecule has 2 aliphatic rings. The molecule has 2 unspecified atom stereocenters. The maximum atomic E-state index is 11.9. The lowest BCUT2D eigenvalue weighted by molar-refractivity contribution is 0.188. The van der Waals surface area contributed by atoms with Crippen molar-refractivity contribution in [2.24, 2.45) is 11.8 Å². The lowest BCUT2D eigenvalue weighted by atomic mass is 9.78. The molecule has 2 atom stereocenters. The Balaban J connectivity index is 1.80. The molecule has 2 rings (SSSR count). The van der Waals surface area contributed by atoms with Crippen LogP contribution < -0.4 is 10.6 Å². The Labute approximate surface area is 105 Å². The predicted molar refractivity (Wildman–Crippen MR) is 69.9 cm³/mol. The molecular formula is C14H26N2O. The van der Waals surface area contributed by atoms with Gasteiger partial charge in [0, 0.05) is 12.1 Å². The van der Waals surface area contributed by atoms with Gasteiger partial charge in [-0.1, -0.05) is 26.7 Å². The molecular weight excluding hydrogens is 212 g/mol. The topological polar surface area (TPSA) is 41.1 Å². The zero-order valence-electron chi connectivity index (χ0n) is 11.2. The van der Waals surface area contributed by atoms with E-state index in [2.05, 4.69) is 24.5 Å². The lowest BCUT2D eigenvalue weighted by Crippen LogP contribution is -2.51. The highest BCUT2D eigenvalue weighted by Crippen LogP contribution is 2.30. The van der Waals surface area contributed by atoms with Gasteiger partial charge in [0.05, 0.1) is 0 Å². The van der Waals surface area contributed by atoms with Crippen molar-refractivity contribution in [1.82, 2.24) is 10.6 Å². The van der Waals surface area contributed by atoms with E-state index in [1.807, 2.05) is 0 Å². The lowest BCUT2D eigenvalue weighted by Gasteiger charge is -2.36. The van der Waals surface area contributed by atoms with Gasteiger partial charge in [0.2, 0.25) is 0 Å². The van der Waals surface area contributed by atoms with Crippen molar-refractivity contribution in [3.63, 3.8) is 0 Å². The second-order valence-electron chi connectivity index (χ2n) is 6.04. The number of nitrogens with one attached hydrogen (secondary N) is 2. The second kappa shape index (κ2) is 5.74. The summed E-state index contributed by atoms with van der Waals surface area (Å²) in [6.07, 6.45) is 8.59. The van der Waals surface area contributed by atoms with E-state index in [1.54, 1.807) is 0 Å². The van der Waals surface area contributed by atoms with Gasteiger partial charge in [-0.3, -0.25) is 0 Å². The first-order chi connectivity index (χ1) is 8.16. The van der Waals surface area contributed by atoms with Crippen LogP contribution in [-0.4, -0.2) is 18.1 Å². The average Bonchev–Trinajstić information content (AvgIpc) is 2.24. The van der Waals surface area contributed by atoms with E-state index in [9.17, 15) is 4.79 Å². The summed E-state index contributed by atoms with van der Waals surface area (Å²) in [5, 5.41) is 6.27. The average molecular weight is 238 g/mol. The summed E-state index contributed by atoms with van der Waals surface area (Å²) in [5.41, 5.74) is 0. The third-order valence-electron chi connectivity index (χ3n) is 4.43. The second-order valence-corrected chi connectivity index (χ2v) is 6.04. The summed E-state index contributed by atoms with van der Waals surface area (Å²) in [7, 11) is 0. The van der Waals surface area contributed by atoms with Gasteiger partial charge in [-0.25, -0.2) is 4.79 Å². The molecule has 3 nitrogen and oxygen atoms in total. The molecule has 0 radical (unpaired) electrons. The Hall–Kier alpha value is -0.730. The van der Waals surface area contributed by atoms with Gasteiger partial charge in [-0.15, -0.1) is 0 Å². The molecule has 0 spiro atoms. The summed E-state index contributed by atoms with van der Waals surface area (Å²) < 4.78 is 0. The molecule has 0 aromatic heterocycles. The van der Waals surface area contributed by atoms with Crippen LogP contribution in [0.5, 0.6) is 0 Å². The molecule has 2 amide bonds. The zero-order chi connectivity index (χ0) is 12.3. The summed E-state index contributed by atoms with van der Waals surface area (Å²) >= 11 is 0. The van der Waals surface area contributed by atoms with Crippen molar-refractivity contribution >= 4 is 6.03 Å². The molecule has 0 aromatic rings. The molecule has 2 saturated carbocycles. The normalized spacial score (nSPS) is 29.8. The van der Waals surface area contributed by atoms with Crippen molar-refractivity contribution < 1.29 is 4.79 Å². The fourth-order valence-corrected chi connectivity index (χ4v) is 3.08. The van der Waals surface area contributed by atoms with Crippen LogP contribution in [0.15, 0.2) is 0 Å². The summed E-state index contributed by atoms with van der Waals surface area (Å²) in [6.45, 7) is 4.54. The first-order valence-electron chi connectivity index (χ1n) is 7.24. The number of rotatable bonds is 3. The van der Waals surface area contributed by atoms with Crippen LogP contribution >= 0.6 is 0 Å². The smallest absolute Gasteiger partial charge is 0.315 e. The minimum Gasteiger partial charge on any atom is -0.335 e. The molecule has 98 valence electrons.